The van der Waals surface area contributed by atoms with Gasteiger partial charge in [0.05, 0.1) is 16.4 Å². The van der Waals surface area contributed by atoms with Gasteiger partial charge in [-0.05, 0) is 25.3 Å². The minimum Gasteiger partial charge on any atom is -0.394 e. The molecule has 0 bridgehead atoms. The van der Waals surface area contributed by atoms with E-state index in [2.05, 4.69) is 5.32 Å². The first-order valence-corrected chi connectivity index (χ1v) is 6.46. The molecule has 0 fully saturated rings. The number of thioether (sulfide) groups is 1. The van der Waals surface area contributed by atoms with Gasteiger partial charge in [-0.1, -0.05) is 0 Å². The average molecular weight is 270 g/mol. The quantitative estimate of drug-likeness (QED) is 0.479. The van der Waals surface area contributed by atoms with Crippen LogP contribution in [0.2, 0.25) is 0 Å². The standard InChI is InChI=1S/C11H14N2O4S/c1-7(6-14)12-11(15)8-3-4-10(18-2)9(5-8)13(16)17/h3-5,7,14H,6H2,1-2H3,(H,12,15). The molecule has 0 saturated carbocycles. The van der Waals surface area contributed by atoms with Gasteiger partial charge < -0.3 is 10.4 Å². The minimum atomic E-state index is -0.516. The van der Waals surface area contributed by atoms with Crippen LogP contribution >= 0.6 is 11.8 Å². The Morgan fingerprint density at radius 2 is 2.28 bits per heavy atom. The van der Waals surface area contributed by atoms with E-state index in [9.17, 15) is 14.9 Å². The largest absolute Gasteiger partial charge is 0.394 e. The number of benzene rings is 1. The monoisotopic (exact) mass is 270 g/mol. The van der Waals surface area contributed by atoms with E-state index < -0.39 is 16.9 Å². The van der Waals surface area contributed by atoms with Crippen molar-refractivity contribution in [2.75, 3.05) is 12.9 Å². The SMILES string of the molecule is CSc1ccc(C(=O)NC(C)CO)cc1[N+](=O)[O-]. The van der Waals surface area contributed by atoms with Crippen molar-refractivity contribution in [3.63, 3.8) is 0 Å². The Morgan fingerprint density at radius 1 is 1.61 bits per heavy atom. The normalized spacial score (nSPS) is 11.9. The fraction of sp³-hybridized carbons (Fsp3) is 0.364. The molecule has 0 radical (unpaired) electrons. The third-order valence-electron chi connectivity index (χ3n) is 2.29. The molecule has 1 aromatic rings. The highest BCUT2D eigenvalue weighted by Gasteiger charge is 2.17. The lowest BCUT2D eigenvalue weighted by atomic mass is 10.2. The second-order valence-corrected chi connectivity index (χ2v) is 4.55. The van der Waals surface area contributed by atoms with Gasteiger partial charge >= 0.3 is 0 Å². The zero-order valence-electron chi connectivity index (χ0n) is 10.0. The maximum atomic E-state index is 11.7. The third kappa shape index (κ3) is 3.44. The molecule has 1 aromatic carbocycles. The molecular weight excluding hydrogens is 256 g/mol. The van der Waals surface area contributed by atoms with E-state index in [1.807, 2.05) is 0 Å². The van der Waals surface area contributed by atoms with Gasteiger partial charge in [0, 0.05) is 17.7 Å². The van der Waals surface area contributed by atoms with Gasteiger partial charge in [0.2, 0.25) is 0 Å². The lowest BCUT2D eigenvalue weighted by molar-refractivity contribution is -0.387. The molecule has 98 valence electrons. The van der Waals surface area contributed by atoms with Crippen molar-refractivity contribution in [1.29, 1.82) is 0 Å². The Morgan fingerprint density at radius 3 is 2.78 bits per heavy atom. The number of hydrogen-bond donors (Lipinski definition) is 2. The molecule has 0 aromatic heterocycles. The fourth-order valence-corrected chi connectivity index (χ4v) is 1.87. The number of aliphatic hydroxyl groups excluding tert-OH is 1. The number of nitro groups is 1. The molecular formula is C11H14N2O4S. The number of nitrogens with one attached hydrogen (secondary N) is 1. The lowest BCUT2D eigenvalue weighted by Crippen LogP contribution is -2.34. The summed E-state index contributed by atoms with van der Waals surface area (Å²) in [4.78, 5) is 22.6. The highest BCUT2D eigenvalue weighted by Crippen LogP contribution is 2.28. The van der Waals surface area contributed by atoms with Crippen LogP contribution < -0.4 is 5.32 Å². The summed E-state index contributed by atoms with van der Waals surface area (Å²) in [5.41, 5.74) is 0.117. The Balaban J connectivity index is 3.01. The van der Waals surface area contributed by atoms with Gasteiger partial charge in [-0.15, -0.1) is 11.8 Å². The van der Waals surface area contributed by atoms with E-state index in [1.165, 1.54) is 23.9 Å². The number of rotatable bonds is 5. The highest BCUT2D eigenvalue weighted by molar-refractivity contribution is 7.98. The van der Waals surface area contributed by atoms with Crippen molar-refractivity contribution in [2.24, 2.45) is 0 Å². The van der Waals surface area contributed by atoms with E-state index in [0.29, 0.717) is 4.90 Å². The number of aliphatic hydroxyl groups is 1. The zero-order chi connectivity index (χ0) is 13.7. The maximum Gasteiger partial charge on any atom is 0.283 e. The minimum absolute atomic E-state index is 0.0909. The van der Waals surface area contributed by atoms with Crippen LogP contribution in [0.15, 0.2) is 23.1 Å². The van der Waals surface area contributed by atoms with E-state index in [-0.39, 0.29) is 17.9 Å². The number of nitrogens with zero attached hydrogens (tertiary/aromatic N) is 1. The Labute approximate surface area is 109 Å². The second kappa shape index (κ2) is 6.36. The van der Waals surface area contributed by atoms with E-state index >= 15 is 0 Å². The molecule has 6 nitrogen and oxygen atoms in total. The molecule has 2 N–H and O–H groups in total. The van der Waals surface area contributed by atoms with Crippen LogP contribution in [0.5, 0.6) is 0 Å². The van der Waals surface area contributed by atoms with E-state index in [4.69, 9.17) is 5.11 Å². The molecule has 7 heteroatoms. The molecule has 0 saturated heterocycles. The molecule has 1 amide bonds. The summed E-state index contributed by atoms with van der Waals surface area (Å²) in [6, 6.07) is 3.92. The van der Waals surface area contributed by atoms with Crippen LogP contribution in [0.25, 0.3) is 0 Å². The summed E-state index contributed by atoms with van der Waals surface area (Å²) in [5.74, 6) is -0.438. The van der Waals surface area contributed by atoms with Crippen LogP contribution in [-0.2, 0) is 0 Å². The number of amides is 1. The van der Waals surface area contributed by atoms with Gasteiger partial charge in [0.15, 0.2) is 0 Å². The van der Waals surface area contributed by atoms with Gasteiger partial charge in [-0.25, -0.2) is 0 Å². The number of hydrogen-bond acceptors (Lipinski definition) is 5. The first-order chi connectivity index (χ1) is 8.49. The zero-order valence-corrected chi connectivity index (χ0v) is 10.9. The highest BCUT2D eigenvalue weighted by atomic mass is 32.2. The molecule has 0 aliphatic carbocycles. The van der Waals surface area contributed by atoms with Gasteiger partial charge in [0.1, 0.15) is 0 Å². The molecule has 0 aliphatic heterocycles. The van der Waals surface area contributed by atoms with Crippen molar-refractivity contribution in [1.82, 2.24) is 5.32 Å². The van der Waals surface area contributed by atoms with Gasteiger partial charge in [0.25, 0.3) is 11.6 Å². The Bertz CT molecular complexity index is 464. The first kappa shape index (κ1) is 14.5. The molecule has 0 heterocycles. The van der Waals surface area contributed by atoms with Crippen molar-refractivity contribution in [2.45, 2.75) is 17.9 Å². The number of nitro benzene ring substituents is 1. The number of carbonyl (C=O) groups excluding carboxylic acids is 1. The smallest absolute Gasteiger partial charge is 0.283 e. The maximum absolute atomic E-state index is 11.7. The Hall–Kier alpha value is -1.60. The van der Waals surface area contributed by atoms with Crippen LogP contribution in [0.1, 0.15) is 17.3 Å². The molecule has 1 atom stereocenters. The van der Waals surface area contributed by atoms with Crippen LogP contribution in [-0.4, -0.2) is 34.8 Å². The fourth-order valence-electron chi connectivity index (χ4n) is 1.33. The second-order valence-electron chi connectivity index (χ2n) is 3.70. The predicted octanol–water partition coefficient (Wildman–Crippen LogP) is 1.43. The molecule has 18 heavy (non-hydrogen) atoms. The first-order valence-electron chi connectivity index (χ1n) is 5.23. The topological polar surface area (TPSA) is 92.5 Å². The third-order valence-corrected chi connectivity index (χ3v) is 3.07. The van der Waals surface area contributed by atoms with Gasteiger partial charge in [-0.3, -0.25) is 14.9 Å². The summed E-state index contributed by atoms with van der Waals surface area (Å²) in [7, 11) is 0. The molecule has 0 spiro atoms. The molecule has 1 rings (SSSR count). The predicted molar refractivity (Wildman–Crippen MR) is 68.9 cm³/mol. The summed E-state index contributed by atoms with van der Waals surface area (Å²) in [6.07, 6.45) is 1.73. The molecule has 1 unspecified atom stereocenters. The van der Waals surface area contributed by atoms with Crippen LogP contribution in [0.3, 0.4) is 0 Å². The summed E-state index contributed by atoms with van der Waals surface area (Å²) in [5, 5.41) is 22.2. The lowest BCUT2D eigenvalue weighted by Gasteiger charge is -2.10. The summed E-state index contributed by atoms with van der Waals surface area (Å²) < 4.78 is 0. The Kier molecular flexibility index (Phi) is 5.11. The molecule has 0 aliphatic rings. The van der Waals surface area contributed by atoms with Gasteiger partial charge in [-0.2, -0.15) is 0 Å². The van der Waals surface area contributed by atoms with Crippen molar-refractivity contribution in [3.8, 4) is 0 Å². The van der Waals surface area contributed by atoms with Crippen molar-refractivity contribution < 1.29 is 14.8 Å². The van der Waals surface area contributed by atoms with Crippen molar-refractivity contribution in [3.05, 3.63) is 33.9 Å². The average Bonchev–Trinajstić information content (AvgIpc) is 2.37. The van der Waals surface area contributed by atoms with E-state index in [1.54, 1.807) is 19.2 Å². The van der Waals surface area contributed by atoms with E-state index in [0.717, 1.165) is 0 Å². The van der Waals surface area contributed by atoms with Crippen LogP contribution in [0, 0.1) is 10.1 Å². The summed E-state index contributed by atoms with van der Waals surface area (Å²) in [6.45, 7) is 1.46. The van der Waals surface area contributed by atoms with Crippen molar-refractivity contribution >= 4 is 23.4 Å². The summed E-state index contributed by atoms with van der Waals surface area (Å²) >= 11 is 1.25. The number of carbonyl (C=O) groups is 1. The van der Waals surface area contributed by atoms with Crippen LogP contribution in [0.4, 0.5) is 5.69 Å².